The number of para-hydroxylation sites is 2. The summed E-state index contributed by atoms with van der Waals surface area (Å²) in [5, 5.41) is 0. The molecule has 2 heterocycles. The second kappa shape index (κ2) is 15.3. The molecule has 9 aromatic carbocycles. The highest BCUT2D eigenvalue weighted by Gasteiger charge is 2.52. The van der Waals surface area contributed by atoms with Crippen molar-refractivity contribution in [1.82, 2.24) is 9.97 Å². The molecule has 0 amide bonds. The third-order valence-corrected chi connectivity index (χ3v) is 13.6. The Labute approximate surface area is 380 Å². The first kappa shape index (κ1) is 38.5. The quantitative estimate of drug-likeness (QED) is 0.167. The Kier molecular flexibility index (Phi) is 9.06. The lowest BCUT2D eigenvalue weighted by Gasteiger charge is -2.50. The standard InChI is InChI=1S/C62H44N2O/c1-61(2)50-29-11-12-30-51(50)62(53-31-13-15-33-58(53)65-59-34-16-14-32-54(59)62)52-36-35-45(39-55(52)61)48-27-9-10-28-49(48)57-40-56(46-25-17-23-43(37-46)41-19-5-3-6-20-41)63-60(64-57)47-26-18-24-44(38-47)42-21-7-4-8-22-42/h3-40H,1-2H3. The van der Waals surface area contributed by atoms with Gasteiger partial charge in [0.15, 0.2) is 5.82 Å². The van der Waals surface area contributed by atoms with E-state index in [2.05, 4.69) is 244 Å². The number of hydrogen-bond acceptors (Lipinski definition) is 3. The molecule has 0 saturated heterocycles. The molecule has 3 nitrogen and oxygen atoms in total. The monoisotopic (exact) mass is 832 g/mol. The summed E-state index contributed by atoms with van der Waals surface area (Å²) in [5.41, 5.74) is 18.2. The molecule has 1 aliphatic carbocycles. The van der Waals surface area contributed by atoms with E-state index in [0.717, 1.165) is 84.1 Å². The van der Waals surface area contributed by atoms with Crippen LogP contribution in [0.5, 0.6) is 11.5 Å². The average Bonchev–Trinajstić information content (AvgIpc) is 3.38. The number of benzene rings is 9. The summed E-state index contributed by atoms with van der Waals surface area (Å²) in [7, 11) is 0. The fourth-order valence-electron chi connectivity index (χ4n) is 10.6. The highest BCUT2D eigenvalue weighted by Crippen LogP contribution is 2.61. The number of aromatic nitrogens is 2. The fourth-order valence-corrected chi connectivity index (χ4v) is 10.6. The zero-order chi connectivity index (χ0) is 43.5. The molecule has 0 unspecified atom stereocenters. The summed E-state index contributed by atoms with van der Waals surface area (Å²) >= 11 is 0. The molecular formula is C62H44N2O. The van der Waals surface area contributed by atoms with Crippen LogP contribution in [0.1, 0.15) is 47.2 Å². The van der Waals surface area contributed by atoms with E-state index >= 15 is 0 Å². The minimum atomic E-state index is -0.579. The van der Waals surface area contributed by atoms with E-state index < -0.39 is 5.41 Å². The average molecular weight is 833 g/mol. The summed E-state index contributed by atoms with van der Waals surface area (Å²) < 4.78 is 6.67. The molecule has 0 saturated carbocycles. The molecule has 308 valence electrons. The molecule has 65 heavy (non-hydrogen) atoms. The number of hydrogen-bond donors (Lipinski definition) is 0. The molecule has 2 aliphatic rings. The van der Waals surface area contributed by atoms with Gasteiger partial charge in [-0.1, -0.05) is 208 Å². The van der Waals surface area contributed by atoms with Crippen molar-refractivity contribution < 1.29 is 4.74 Å². The summed E-state index contributed by atoms with van der Waals surface area (Å²) in [6.07, 6.45) is 0. The van der Waals surface area contributed by atoms with Crippen molar-refractivity contribution in [3.63, 3.8) is 0 Å². The van der Waals surface area contributed by atoms with Crippen LogP contribution in [0, 0.1) is 0 Å². The van der Waals surface area contributed by atoms with E-state index in [1.54, 1.807) is 0 Å². The highest BCUT2D eigenvalue weighted by atomic mass is 16.5. The Morgan fingerprint density at radius 1 is 0.308 bits per heavy atom. The van der Waals surface area contributed by atoms with Crippen molar-refractivity contribution in [3.05, 3.63) is 264 Å². The number of rotatable bonds is 6. The van der Waals surface area contributed by atoms with Crippen molar-refractivity contribution >= 4 is 0 Å². The molecule has 0 fully saturated rings. The lowest BCUT2D eigenvalue weighted by atomic mass is 9.53. The molecule has 12 rings (SSSR count). The Balaban J connectivity index is 1.06. The maximum atomic E-state index is 6.67. The lowest BCUT2D eigenvalue weighted by Crippen LogP contribution is -2.43. The van der Waals surface area contributed by atoms with Crippen LogP contribution >= 0.6 is 0 Å². The maximum Gasteiger partial charge on any atom is 0.160 e. The molecule has 0 radical (unpaired) electrons. The first-order valence-corrected chi connectivity index (χ1v) is 22.4. The molecule has 3 heteroatoms. The lowest BCUT2D eigenvalue weighted by molar-refractivity contribution is 0.425. The van der Waals surface area contributed by atoms with Gasteiger partial charge in [0.25, 0.3) is 0 Å². The molecule has 1 aromatic heterocycles. The van der Waals surface area contributed by atoms with Crippen LogP contribution in [0.2, 0.25) is 0 Å². The van der Waals surface area contributed by atoms with E-state index in [1.807, 2.05) is 0 Å². The second-order valence-corrected chi connectivity index (χ2v) is 17.7. The predicted molar refractivity (Wildman–Crippen MR) is 265 cm³/mol. The van der Waals surface area contributed by atoms with Crippen molar-refractivity contribution in [1.29, 1.82) is 0 Å². The van der Waals surface area contributed by atoms with Crippen LogP contribution < -0.4 is 4.74 Å². The fraction of sp³-hybridized carbons (Fsp3) is 0.0645. The third-order valence-electron chi connectivity index (χ3n) is 13.6. The van der Waals surface area contributed by atoms with Gasteiger partial charge < -0.3 is 4.74 Å². The van der Waals surface area contributed by atoms with Crippen LogP contribution in [-0.2, 0) is 10.8 Å². The number of fused-ring (bicyclic) bond motifs is 8. The van der Waals surface area contributed by atoms with E-state index in [4.69, 9.17) is 14.7 Å². The molecule has 0 N–H and O–H groups in total. The normalized spacial score (nSPS) is 13.8. The van der Waals surface area contributed by atoms with E-state index in [1.165, 1.54) is 22.3 Å². The summed E-state index contributed by atoms with van der Waals surface area (Å²) in [5.74, 6) is 2.46. The third kappa shape index (κ3) is 6.26. The van der Waals surface area contributed by atoms with Gasteiger partial charge in [-0.15, -0.1) is 0 Å². The zero-order valence-electron chi connectivity index (χ0n) is 36.2. The van der Waals surface area contributed by atoms with E-state index in [0.29, 0.717) is 5.82 Å². The van der Waals surface area contributed by atoms with E-state index in [-0.39, 0.29) is 5.41 Å². The van der Waals surface area contributed by atoms with Gasteiger partial charge >= 0.3 is 0 Å². The van der Waals surface area contributed by atoms with Crippen molar-refractivity contribution in [2.75, 3.05) is 0 Å². The van der Waals surface area contributed by atoms with Crippen molar-refractivity contribution in [2.24, 2.45) is 0 Å². The first-order chi connectivity index (χ1) is 32.0. The van der Waals surface area contributed by atoms with Gasteiger partial charge in [-0.05, 0) is 92.0 Å². The Morgan fingerprint density at radius 2 is 0.785 bits per heavy atom. The summed E-state index contributed by atoms with van der Waals surface area (Å²) in [6, 6.07) is 82.5. The molecule has 1 aliphatic heterocycles. The van der Waals surface area contributed by atoms with Gasteiger partial charge in [-0.25, -0.2) is 9.97 Å². The Hall–Kier alpha value is -8.14. The predicted octanol–water partition coefficient (Wildman–Crippen LogP) is 15.6. The zero-order valence-corrected chi connectivity index (χ0v) is 36.2. The smallest absolute Gasteiger partial charge is 0.160 e. The summed E-state index contributed by atoms with van der Waals surface area (Å²) in [6.45, 7) is 4.75. The topological polar surface area (TPSA) is 35.0 Å². The van der Waals surface area contributed by atoms with Crippen molar-refractivity contribution in [3.8, 4) is 78.8 Å². The van der Waals surface area contributed by atoms with Crippen molar-refractivity contribution in [2.45, 2.75) is 24.7 Å². The van der Waals surface area contributed by atoms with Gasteiger partial charge in [0, 0.05) is 33.2 Å². The Morgan fingerprint density at radius 3 is 1.45 bits per heavy atom. The largest absolute Gasteiger partial charge is 0.457 e. The molecule has 0 atom stereocenters. The van der Waals surface area contributed by atoms with Gasteiger partial charge in [0.1, 0.15) is 11.5 Å². The molecular weight excluding hydrogens is 789 g/mol. The number of ether oxygens (including phenoxy) is 1. The van der Waals surface area contributed by atoms with Crippen LogP contribution in [0.3, 0.4) is 0 Å². The van der Waals surface area contributed by atoms with Crippen LogP contribution in [0.25, 0.3) is 67.3 Å². The van der Waals surface area contributed by atoms with Gasteiger partial charge in [-0.3, -0.25) is 0 Å². The molecule has 10 aromatic rings. The maximum absolute atomic E-state index is 6.67. The van der Waals surface area contributed by atoms with Crippen LogP contribution in [0.15, 0.2) is 231 Å². The van der Waals surface area contributed by atoms with Gasteiger partial charge in [-0.2, -0.15) is 0 Å². The molecule has 1 spiro atoms. The first-order valence-electron chi connectivity index (χ1n) is 22.4. The van der Waals surface area contributed by atoms with Gasteiger partial charge in [0.05, 0.1) is 16.8 Å². The van der Waals surface area contributed by atoms with E-state index in [9.17, 15) is 0 Å². The number of nitrogens with zero attached hydrogens (tertiary/aromatic N) is 2. The van der Waals surface area contributed by atoms with Crippen LogP contribution in [-0.4, -0.2) is 9.97 Å². The molecule has 0 bridgehead atoms. The van der Waals surface area contributed by atoms with Crippen LogP contribution in [0.4, 0.5) is 0 Å². The van der Waals surface area contributed by atoms with Gasteiger partial charge in [0.2, 0.25) is 0 Å². The minimum absolute atomic E-state index is 0.312. The summed E-state index contributed by atoms with van der Waals surface area (Å²) in [4.78, 5) is 10.8. The minimum Gasteiger partial charge on any atom is -0.457 e. The second-order valence-electron chi connectivity index (χ2n) is 17.7. The SMILES string of the molecule is CC1(C)c2ccccc2C2(c3ccccc3Oc3ccccc32)c2ccc(-c3ccccc3-c3cc(-c4cccc(-c5ccccc5)c4)nc(-c4cccc(-c5ccccc5)c4)n3)cc21. The Bertz CT molecular complexity index is 3300. The highest BCUT2D eigenvalue weighted by molar-refractivity contribution is 5.87.